The van der Waals surface area contributed by atoms with Crippen molar-refractivity contribution in [3.8, 4) is 5.75 Å². The summed E-state index contributed by atoms with van der Waals surface area (Å²) < 4.78 is 84.3. The van der Waals surface area contributed by atoms with Gasteiger partial charge in [0.15, 0.2) is 0 Å². The van der Waals surface area contributed by atoms with E-state index in [0.717, 1.165) is 73.3 Å². The maximum atomic E-state index is 15.1. The maximum Gasteiger partial charge on any atom is 0.339 e. The summed E-state index contributed by atoms with van der Waals surface area (Å²) in [5.41, 5.74) is 3.03. The molecule has 10 heteroatoms. The highest BCUT2D eigenvalue weighted by Crippen LogP contribution is 2.53. The minimum absolute atomic E-state index is 0.0396. The predicted molar refractivity (Wildman–Crippen MR) is 169 cm³/mol. The van der Waals surface area contributed by atoms with Crippen molar-refractivity contribution in [1.82, 2.24) is 0 Å². The molecule has 0 amide bonds. The third-order valence-electron chi connectivity index (χ3n) is 11.0. The molecule has 4 fully saturated rings. The average Bonchev–Trinajstić information content (AvgIpc) is 3.82. The van der Waals surface area contributed by atoms with Crippen molar-refractivity contribution in [1.29, 1.82) is 0 Å². The van der Waals surface area contributed by atoms with E-state index in [0.29, 0.717) is 29.5 Å². The summed E-state index contributed by atoms with van der Waals surface area (Å²) in [4.78, 5) is 0.0950. The van der Waals surface area contributed by atoms with Crippen LogP contribution in [0.15, 0.2) is 46.2 Å². The topological polar surface area (TPSA) is 116 Å². The van der Waals surface area contributed by atoms with Gasteiger partial charge in [-0.1, -0.05) is 38.1 Å². The number of ether oxygens (including phenoxy) is 2. The van der Waals surface area contributed by atoms with Gasteiger partial charge in [-0.15, -0.1) is 0 Å². The van der Waals surface area contributed by atoms with Crippen LogP contribution in [0.1, 0.15) is 111 Å². The number of fused-ring (bicyclic) bond motifs is 6. The lowest BCUT2D eigenvalue weighted by Crippen LogP contribution is -2.25. The second-order valence-corrected chi connectivity index (χ2v) is 16.9. The lowest BCUT2D eigenvalue weighted by Gasteiger charge is -2.30. The first kappa shape index (κ1) is 29.9. The van der Waals surface area contributed by atoms with Gasteiger partial charge in [0, 0.05) is 23.0 Å². The molecule has 240 valence electrons. The molecule has 0 aromatic heterocycles. The van der Waals surface area contributed by atoms with Crippen molar-refractivity contribution in [2.45, 2.75) is 130 Å². The summed E-state index contributed by atoms with van der Waals surface area (Å²) in [6.07, 6.45) is 7.89. The van der Waals surface area contributed by atoms with Gasteiger partial charge in [0.25, 0.3) is 10.1 Å². The van der Waals surface area contributed by atoms with Crippen LogP contribution in [-0.2, 0) is 42.6 Å². The molecule has 5 aliphatic rings. The maximum absolute atomic E-state index is 15.1. The Kier molecular flexibility index (Phi) is 7.15. The van der Waals surface area contributed by atoms with E-state index in [1.54, 1.807) is 0 Å². The molecule has 45 heavy (non-hydrogen) atoms. The fraction of sp³-hybridized carbons (Fsp3) is 0.543. The largest absolute Gasteiger partial charge is 0.378 e. The standard InChI is InChI=1S/C35H40O8S2/c1-19(2)26-18-32(44(36,37)38)24-9-5-6-10-25(24)34(26)43-45(39,40)35-28(27-16-21-11-13-30(27)41-21)15-20-7-3-4-8-23(20)33(35)29-17-22-12-14-31(29)42-22/h3-4,7-8,15,18-19,21-22,27,29-31H,5-6,9-14,16-17H2,1-2H3,(H,36,37,38). The van der Waals surface area contributed by atoms with Gasteiger partial charge in [-0.05, 0) is 110 Å². The first-order valence-electron chi connectivity index (χ1n) is 16.5. The van der Waals surface area contributed by atoms with Crippen molar-refractivity contribution in [3.63, 3.8) is 0 Å². The van der Waals surface area contributed by atoms with Crippen LogP contribution < -0.4 is 4.18 Å². The predicted octanol–water partition coefficient (Wildman–Crippen LogP) is 6.93. The molecule has 3 aromatic carbocycles. The number of benzene rings is 3. The van der Waals surface area contributed by atoms with Crippen molar-refractivity contribution < 1.29 is 35.0 Å². The highest BCUT2D eigenvalue weighted by atomic mass is 32.2. The Balaban J connectivity index is 1.37. The Labute approximate surface area is 265 Å². The summed E-state index contributed by atoms with van der Waals surface area (Å²) in [6, 6.07) is 11.5. The molecule has 6 unspecified atom stereocenters. The van der Waals surface area contributed by atoms with Crippen LogP contribution in [-0.4, -0.2) is 45.8 Å². The minimum atomic E-state index is -4.52. The van der Waals surface area contributed by atoms with E-state index in [-0.39, 0.29) is 57.7 Å². The summed E-state index contributed by atoms with van der Waals surface area (Å²) in [5, 5.41) is 1.91. The van der Waals surface area contributed by atoms with Crippen LogP contribution in [0.25, 0.3) is 10.8 Å². The molecule has 1 N–H and O–H groups in total. The first-order chi connectivity index (χ1) is 21.5. The van der Waals surface area contributed by atoms with E-state index in [1.807, 2.05) is 38.1 Å². The zero-order valence-corrected chi connectivity index (χ0v) is 27.3. The molecular formula is C35H40O8S2. The van der Waals surface area contributed by atoms with E-state index >= 15 is 8.42 Å². The van der Waals surface area contributed by atoms with Gasteiger partial charge in [-0.2, -0.15) is 16.8 Å². The lowest BCUT2D eigenvalue weighted by molar-refractivity contribution is 0.0999. The molecule has 8 nitrogen and oxygen atoms in total. The van der Waals surface area contributed by atoms with Gasteiger partial charge in [0.2, 0.25) is 0 Å². The Morgan fingerprint density at radius 2 is 1.49 bits per heavy atom. The van der Waals surface area contributed by atoms with Gasteiger partial charge in [0.1, 0.15) is 10.6 Å². The molecule has 1 aliphatic carbocycles. The van der Waals surface area contributed by atoms with E-state index in [1.165, 1.54) is 6.07 Å². The normalized spacial score (nSPS) is 29.2. The molecule has 4 heterocycles. The molecule has 8 rings (SSSR count). The van der Waals surface area contributed by atoms with Crippen LogP contribution in [0.3, 0.4) is 0 Å². The van der Waals surface area contributed by atoms with Gasteiger partial charge in [-0.25, -0.2) is 0 Å². The molecule has 4 aliphatic heterocycles. The van der Waals surface area contributed by atoms with Crippen LogP contribution >= 0.6 is 0 Å². The third-order valence-corrected chi connectivity index (χ3v) is 13.2. The number of rotatable bonds is 7. The van der Waals surface area contributed by atoms with E-state index < -0.39 is 20.2 Å². The Bertz CT molecular complexity index is 1920. The molecule has 4 bridgehead atoms. The Morgan fingerprint density at radius 3 is 2.09 bits per heavy atom. The Morgan fingerprint density at radius 1 is 0.844 bits per heavy atom. The fourth-order valence-corrected chi connectivity index (χ4v) is 11.4. The second-order valence-electron chi connectivity index (χ2n) is 14.0. The van der Waals surface area contributed by atoms with Crippen molar-refractivity contribution in [2.75, 3.05) is 0 Å². The number of hydrogen-bond acceptors (Lipinski definition) is 7. The van der Waals surface area contributed by atoms with E-state index in [9.17, 15) is 13.0 Å². The smallest absolute Gasteiger partial charge is 0.339 e. The van der Waals surface area contributed by atoms with Gasteiger partial charge < -0.3 is 13.7 Å². The number of hydrogen-bond donors (Lipinski definition) is 1. The third kappa shape index (κ3) is 4.94. The molecule has 6 atom stereocenters. The molecule has 4 saturated heterocycles. The minimum Gasteiger partial charge on any atom is -0.378 e. The van der Waals surface area contributed by atoms with Gasteiger partial charge in [0.05, 0.1) is 29.3 Å². The second kappa shape index (κ2) is 10.8. The highest BCUT2D eigenvalue weighted by molar-refractivity contribution is 7.87. The van der Waals surface area contributed by atoms with Gasteiger partial charge >= 0.3 is 10.1 Å². The van der Waals surface area contributed by atoms with Gasteiger partial charge in [-0.3, -0.25) is 4.55 Å². The molecule has 3 aromatic rings. The molecule has 0 radical (unpaired) electrons. The van der Waals surface area contributed by atoms with Crippen LogP contribution in [0.4, 0.5) is 0 Å². The SMILES string of the molecule is CC(C)c1cc(S(=O)(=O)O)c2c(c1OS(=O)(=O)c1c(C3CC4CCC3O4)cc3ccccc3c1C1CC3CCC1O3)CCCC2. The molecule has 0 spiro atoms. The quantitative estimate of drug-likeness (QED) is 0.216. The summed E-state index contributed by atoms with van der Waals surface area (Å²) >= 11 is 0. The van der Waals surface area contributed by atoms with Crippen LogP contribution in [0, 0.1) is 0 Å². The van der Waals surface area contributed by atoms with Crippen LogP contribution in [0.5, 0.6) is 5.75 Å². The summed E-state index contributed by atoms with van der Waals surface area (Å²) in [7, 11) is -8.95. The summed E-state index contributed by atoms with van der Waals surface area (Å²) in [5.74, 6) is -0.191. The van der Waals surface area contributed by atoms with E-state index in [2.05, 4.69) is 6.07 Å². The Hall–Kier alpha value is -2.50. The zero-order valence-electron chi connectivity index (χ0n) is 25.7. The van der Waals surface area contributed by atoms with Crippen LogP contribution in [0.2, 0.25) is 0 Å². The zero-order chi connectivity index (χ0) is 31.2. The lowest BCUT2D eigenvalue weighted by atomic mass is 9.77. The van der Waals surface area contributed by atoms with Crippen molar-refractivity contribution in [2.24, 2.45) is 0 Å². The van der Waals surface area contributed by atoms with Crippen molar-refractivity contribution in [3.05, 3.63) is 64.2 Å². The van der Waals surface area contributed by atoms with E-state index in [4.69, 9.17) is 13.7 Å². The van der Waals surface area contributed by atoms with Crippen molar-refractivity contribution >= 4 is 31.0 Å². The monoisotopic (exact) mass is 652 g/mol. The molecular weight excluding hydrogens is 613 g/mol. The first-order valence-corrected chi connectivity index (χ1v) is 19.3. The fourth-order valence-electron chi connectivity index (χ4n) is 9.01. The summed E-state index contributed by atoms with van der Waals surface area (Å²) in [6.45, 7) is 3.76. The average molecular weight is 653 g/mol. The molecule has 0 saturated carbocycles. The highest BCUT2D eigenvalue weighted by Gasteiger charge is 2.48.